The molecule has 3 atom stereocenters. The number of aliphatic hydroxyl groups is 1. The summed E-state index contributed by atoms with van der Waals surface area (Å²) in [5.41, 5.74) is 1.17. The molecule has 2 aliphatic heterocycles. The van der Waals surface area contributed by atoms with Gasteiger partial charge in [-0.3, -0.25) is 4.79 Å². The van der Waals surface area contributed by atoms with Gasteiger partial charge in [0.25, 0.3) is 0 Å². The van der Waals surface area contributed by atoms with Gasteiger partial charge in [0.05, 0.1) is 24.7 Å². The van der Waals surface area contributed by atoms with Crippen molar-refractivity contribution in [3.05, 3.63) is 35.9 Å². The maximum atomic E-state index is 12.5. The molecule has 2 saturated heterocycles. The van der Waals surface area contributed by atoms with Gasteiger partial charge in [-0.25, -0.2) is 0 Å². The first-order valence-corrected chi connectivity index (χ1v) is 7.36. The third-order valence-electron chi connectivity index (χ3n) is 4.36. The lowest BCUT2D eigenvalue weighted by molar-refractivity contribution is -0.137. The highest BCUT2D eigenvalue weighted by atomic mass is 16.5. The van der Waals surface area contributed by atoms with Crippen LogP contribution >= 0.6 is 0 Å². The molecule has 1 amide bonds. The van der Waals surface area contributed by atoms with E-state index in [0.29, 0.717) is 26.2 Å². The third kappa shape index (κ3) is 2.72. The second kappa shape index (κ2) is 5.94. The number of carbonyl (C=O) groups excluding carboxylic acids is 1. The Hall–Kier alpha value is -1.39. The standard InChI is InChI=1S/C16H21NO3/c18-15-6-8-17(16(19)13-7-9-20-11-13)14(15)10-12-4-2-1-3-5-12/h1-5,13-15,18H,6-11H2/t13-,14-,15-/m0/s1. The van der Waals surface area contributed by atoms with Crippen molar-refractivity contribution in [2.75, 3.05) is 19.8 Å². The monoisotopic (exact) mass is 275 g/mol. The normalized spacial score (nSPS) is 29.9. The van der Waals surface area contributed by atoms with Crippen molar-refractivity contribution in [1.29, 1.82) is 0 Å². The van der Waals surface area contributed by atoms with Crippen molar-refractivity contribution in [1.82, 2.24) is 4.90 Å². The summed E-state index contributed by atoms with van der Waals surface area (Å²) in [6.45, 7) is 1.87. The predicted molar refractivity (Wildman–Crippen MR) is 75.2 cm³/mol. The van der Waals surface area contributed by atoms with Crippen LogP contribution in [0.15, 0.2) is 30.3 Å². The molecule has 108 valence electrons. The minimum Gasteiger partial charge on any atom is -0.391 e. The molecule has 1 aromatic rings. The first kappa shape index (κ1) is 13.6. The molecule has 0 bridgehead atoms. The molecule has 0 spiro atoms. The Morgan fingerprint density at radius 1 is 1.30 bits per heavy atom. The zero-order chi connectivity index (χ0) is 13.9. The van der Waals surface area contributed by atoms with Gasteiger partial charge in [0.1, 0.15) is 0 Å². The lowest BCUT2D eigenvalue weighted by Gasteiger charge is -2.28. The largest absolute Gasteiger partial charge is 0.391 e. The average Bonchev–Trinajstić information content (AvgIpc) is 3.11. The van der Waals surface area contributed by atoms with E-state index in [0.717, 1.165) is 12.8 Å². The maximum absolute atomic E-state index is 12.5. The van der Waals surface area contributed by atoms with Crippen molar-refractivity contribution < 1.29 is 14.6 Å². The van der Waals surface area contributed by atoms with E-state index in [1.165, 1.54) is 5.56 Å². The Morgan fingerprint density at radius 2 is 2.10 bits per heavy atom. The van der Waals surface area contributed by atoms with Crippen LogP contribution in [-0.2, 0) is 16.0 Å². The van der Waals surface area contributed by atoms with Crippen LogP contribution in [0, 0.1) is 5.92 Å². The molecule has 0 aliphatic carbocycles. The topological polar surface area (TPSA) is 49.8 Å². The SMILES string of the molecule is O=C([C@H]1CCOC1)N1CC[C@H](O)[C@@H]1Cc1ccccc1. The van der Waals surface area contributed by atoms with Crippen molar-refractivity contribution in [3.8, 4) is 0 Å². The van der Waals surface area contributed by atoms with Gasteiger partial charge >= 0.3 is 0 Å². The summed E-state index contributed by atoms with van der Waals surface area (Å²) in [6.07, 6.45) is 1.79. The highest BCUT2D eigenvalue weighted by Gasteiger charge is 2.39. The van der Waals surface area contributed by atoms with Crippen LogP contribution in [0.5, 0.6) is 0 Å². The number of hydrogen-bond acceptors (Lipinski definition) is 3. The number of benzene rings is 1. The molecule has 0 radical (unpaired) electrons. The van der Waals surface area contributed by atoms with Gasteiger partial charge in [-0.15, -0.1) is 0 Å². The van der Waals surface area contributed by atoms with Crippen molar-refractivity contribution >= 4 is 5.91 Å². The second-order valence-electron chi connectivity index (χ2n) is 5.71. The summed E-state index contributed by atoms with van der Waals surface area (Å²) >= 11 is 0. The molecule has 0 saturated carbocycles. The van der Waals surface area contributed by atoms with E-state index in [9.17, 15) is 9.90 Å². The van der Waals surface area contributed by atoms with E-state index < -0.39 is 6.10 Å². The molecule has 2 fully saturated rings. The van der Waals surface area contributed by atoms with Crippen LogP contribution in [0.1, 0.15) is 18.4 Å². The summed E-state index contributed by atoms with van der Waals surface area (Å²) < 4.78 is 5.31. The zero-order valence-electron chi connectivity index (χ0n) is 11.6. The fraction of sp³-hybridized carbons (Fsp3) is 0.562. The van der Waals surface area contributed by atoms with Crippen LogP contribution in [0.2, 0.25) is 0 Å². The van der Waals surface area contributed by atoms with Crippen molar-refractivity contribution in [2.24, 2.45) is 5.92 Å². The molecule has 20 heavy (non-hydrogen) atoms. The van der Waals surface area contributed by atoms with E-state index >= 15 is 0 Å². The van der Waals surface area contributed by atoms with Crippen LogP contribution in [-0.4, -0.2) is 47.8 Å². The molecule has 1 N–H and O–H groups in total. The summed E-state index contributed by atoms with van der Waals surface area (Å²) in [4.78, 5) is 14.4. The van der Waals surface area contributed by atoms with Crippen molar-refractivity contribution in [3.63, 3.8) is 0 Å². The number of ether oxygens (including phenoxy) is 1. The lowest BCUT2D eigenvalue weighted by atomic mass is 10.0. The highest BCUT2D eigenvalue weighted by molar-refractivity contribution is 5.80. The highest BCUT2D eigenvalue weighted by Crippen LogP contribution is 2.26. The molecular formula is C16H21NO3. The molecule has 2 heterocycles. The van der Waals surface area contributed by atoms with Gasteiger partial charge in [0.2, 0.25) is 5.91 Å². The molecule has 0 aromatic heterocycles. The second-order valence-corrected chi connectivity index (χ2v) is 5.71. The minimum atomic E-state index is -0.415. The number of amides is 1. The zero-order valence-corrected chi connectivity index (χ0v) is 11.6. The van der Waals surface area contributed by atoms with E-state index in [1.807, 2.05) is 35.2 Å². The molecule has 0 unspecified atom stereocenters. The summed E-state index contributed by atoms with van der Waals surface area (Å²) in [6, 6.07) is 9.97. The lowest BCUT2D eigenvalue weighted by Crippen LogP contribution is -2.44. The molecule has 2 aliphatic rings. The molecule has 4 heteroatoms. The Bertz CT molecular complexity index is 456. The number of likely N-dealkylation sites (tertiary alicyclic amines) is 1. The smallest absolute Gasteiger partial charge is 0.228 e. The number of carbonyl (C=O) groups is 1. The quantitative estimate of drug-likeness (QED) is 0.902. The maximum Gasteiger partial charge on any atom is 0.228 e. The summed E-state index contributed by atoms with van der Waals surface area (Å²) in [5, 5.41) is 10.2. The number of nitrogens with zero attached hydrogens (tertiary/aromatic N) is 1. The van der Waals surface area contributed by atoms with Gasteiger partial charge in [0, 0.05) is 13.2 Å². The van der Waals surface area contributed by atoms with Gasteiger partial charge < -0.3 is 14.7 Å². The predicted octanol–water partition coefficient (Wildman–Crippen LogP) is 1.23. The van der Waals surface area contributed by atoms with Gasteiger partial charge in [-0.1, -0.05) is 30.3 Å². The minimum absolute atomic E-state index is 0.0152. The molecule has 3 rings (SSSR count). The van der Waals surface area contributed by atoms with E-state index in [4.69, 9.17) is 4.74 Å². The Balaban J connectivity index is 1.71. The van der Waals surface area contributed by atoms with Crippen LogP contribution in [0.25, 0.3) is 0 Å². The third-order valence-corrected chi connectivity index (χ3v) is 4.36. The molecule has 1 aromatic carbocycles. The number of rotatable bonds is 3. The average molecular weight is 275 g/mol. The van der Waals surface area contributed by atoms with Gasteiger partial charge in [-0.2, -0.15) is 0 Å². The van der Waals surface area contributed by atoms with Gasteiger partial charge in [-0.05, 0) is 24.8 Å². The first-order chi connectivity index (χ1) is 9.75. The summed E-state index contributed by atoms with van der Waals surface area (Å²) in [5.74, 6) is 0.138. The molecule has 4 nitrogen and oxygen atoms in total. The number of hydrogen-bond donors (Lipinski definition) is 1. The van der Waals surface area contributed by atoms with Crippen LogP contribution < -0.4 is 0 Å². The first-order valence-electron chi connectivity index (χ1n) is 7.36. The fourth-order valence-electron chi connectivity index (χ4n) is 3.18. The van der Waals surface area contributed by atoms with E-state index in [2.05, 4.69) is 0 Å². The Morgan fingerprint density at radius 3 is 2.80 bits per heavy atom. The number of aliphatic hydroxyl groups excluding tert-OH is 1. The fourth-order valence-corrected chi connectivity index (χ4v) is 3.18. The van der Waals surface area contributed by atoms with Crippen LogP contribution in [0.3, 0.4) is 0 Å². The Kier molecular flexibility index (Phi) is 4.03. The summed E-state index contributed by atoms with van der Waals surface area (Å²) in [7, 11) is 0. The van der Waals surface area contributed by atoms with E-state index in [-0.39, 0.29) is 17.9 Å². The molecular weight excluding hydrogens is 254 g/mol. The van der Waals surface area contributed by atoms with Gasteiger partial charge in [0.15, 0.2) is 0 Å². The Labute approximate surface area is 119 Å². The van der Waals surface area contributed by atoms with E-state index in [1.54, 1.807) is 0 Å². The van der Waals surface area contributed by atoms with Crippen molar-refractivity contribution in [2.45, 2.75) is 31.4 Å². The van der Waals surface area contributed by atoms with Crippen LogP contribution in [0.4, 0.5) is 0 Å².